The maximum absolute atomic E-state index is 14.5. The Morgan fingerprint density at radius 1 is 0.975 bits per heavy atom. The number of anilines is 2. The summed E-state index contributed by atoms with van der Waals surface area (Å²) in [6, 6.07) is 16.3. The molecule has 212 valence electrons. The van der Waals surface area contributed by atoms with Gasteiger partial charge in [0, 0.05) is 53.3 Å². The smallest absolute Gasteiger partial charge is 0.255 e. The van der Waals surface area contributed by atoms with Gasteiger partial charge in [-0.3, -0.25) is 9.69 Å². The number of fused-ring (bicyclic) bond motifs is 1. The molecule has 40 heavy (non-hydrogen) atoms. The fraction of sp³-hybridized carbons (Fsp3) is 0.469. The van der Waals surface area contributed by atoms with Crippen LogP contribution in [-0.2, 0) is 9.47 Å². The average molecular weight is 548 g/mol. The van der Waals surface area contributed by atoms with Crippen molar-refractivity contribution in [2.45, 2.75) is 51.6 Å². The first kappa shape index (κ1) is 27.0. The Kier molecular flexibility index (Phi) is 8.18. The van der Waals surface area contributed by atoms with Crippen molar-refractivity contribution in [2.75, 3.05) is 49.5 Å². The summed E-state index contributed by atoms with van der Waals surface area (Å²) in [6.45, 7) is 7.16. The molecule has 0 saturated carbocycles. The molecule has 0 aromatic heterocycles. The molecule has 0 radical (unpaired) electrons. The molecule has 3 aliphatic rings. The largest absolute Gasteiger partial charge is 0.492 e. The van der Waals surface area contributed by atoms with Crippen LogP contribution in [0.25, 0.3) is 10.8 Å². The van der Waals surface area contributed by atoms with E-state index in [1.807, 2.05) is 43.3 Å². The standard InChI is InChI=1S/C32H38FN3O4/c1-22-39-32(40-22)23-11-15-35(16-12-23)17-18-38-30-10-9-29(27-7-3-4-8-28(27)30)34-31(37)24-19-25(33)21-26(20-24)36-13-5-2-6-14-36/h3-4,7-10,19-23,32H,2,5-6,11-18H2,1H3,(H,34,37). The van der Waals surface area contributed by atoms with Crippen molar-refractivity contribution in [3.63, 3.8) is 0 Å². The van der Waals surface area contributed by atoms with Gasteiger partial charge in [-0.1, -0.05) is 24.3 Å². The summed E-state index contributed by atoms with van der Waals surface area (Å²) in [6.07, 6.45) is 5.40. The van der Waals surface area contributed by atoms with Crippen LogP contribution in [0.1, 0.15) is 49.4 Å². The first-order valence-corrected chi connectivity index (χ1v) is 14.6. The lowest BCUT2D eigenvalue weighted by Gasteiger charge is -2.42. The highest BCUT2D eigenvalue weighted by Crippen LogP contribution is 2.33. The molecule has 7 nitrogen and oxygen atoms in total. The fourth-order valence-corrected chi connectivity index (χ4v) is 6.08. The van der Waals surface area contributed by atoms with Crippen molar-refractivity contribution in [2.24, 2.45) is 5.92 Å². The maximum Gasteiger partial charge on any atom is 0.255 e. The number of hydrogen-bond acceptors (Lipinski definition) is 6. The lowest BCUT2D eigenvalue weighted by molar-refractivity contribution is -0.394. The van der Waals surface area contributed by atoms with Crippen LogP contribution in [0.15, 0.2) is 54.6 Å². The van der Waals surface area contributed by atoms with Crippen molar-refractivity contribution in [1.29, 1.82) is 0 Å². The maximum atomic E-state index is 14.5. The van der Waals surface area contributed by atoms with E-state index >= 15 is 0 Å². The molecule has 0 unspecified atom stereocenters. The summed E-state index contributed by atoms with van der Waals surface area (Å²) < 4.78 is 32.1. The van der Waals surface area contributed by atoms with Crippen LogP contribution in [-0.4, -0.2) is 62.7 Å². The molecule has 6 rings (SSSR count). The van der Waals surface area contributed by atoms with Gasteiger partial charge in [0.2, 0.25) is 0 Å². The zero-order valence-corrected chi connectivity index (χ0v) is 23.1. The number of carbonyl (C=O) groups is 1. The number of hydrogen-bond donors (Lipinski definition) is 1. The summed E-state index contributed by atoms with van der Waals surface area (Å²) in [5.41, 5.74) is 1.76. The van der Waals surface area contributed by atoms with Crippen LogP contribution >= 0.6 is 0 Å². The molecule has 1 amide bonds. The second kappa shape index (κ2) is 12.1. The summed E-state index contributed by atoms with van der Waals surface area (Å²) >= 11 is 0. The van der Waals surface area contributed by atoms with Gasteiger partial charge in [0.25, 0.3) is 5.91 Å². The molecule has 0 aliphatic carbocycles. The molecule has 1 N–H and O–H groups in total. The molecule has 3 fully saturated rings. The topological polar surface area (TPSA) is 63.3 Å². The van der Waals surface area contributed by atoms with Gasteiger partial charge in [-0.15, -0.1) is 0 Å². The number of halogens is 1. The summed E-state index contributed by atoms with van der Waals surface area (Å²) in [7, 11) is 0. The number of piperidine rings is 2. The van der Waals surface area contributed by atoms with Gasteiger partial charge in [0.15, 0.2) is 12.6 Å². The third kappa shape index (κ3) is 6.09. The third-order valence-corrected chi connectivity index (χ3v) is 8.33. The number of carbonyl (C=O) groups excluding carboxylic acids is 1. The molecule has 3 heterocycles. The molecule has 3 aromatic carbocycles. The van der Waals surface area contributed by atoms with E-state index in [0.717, 1.165) is 80.6 Å². The van der Waals surface area contributed by atoms with Crippen LogP contribution in [0.2, 0.25) is 0 Å². The average Bonchev–Trinajstić information content (AvgIpc) is 2.97. The highest BCUT2D eigenvalue weighted by atomic mass is 19.1. The van der Waals surface area contributed by atoms with Gasteiger partial charge in [0.1, 0.15) is 18.2 Å². The van der Waals surface area contributed by atoms with Crippen molar-refractivity contribution < 1.29 is 23.4 Å². The van der Waals surface area contributed by atoms with Crippen molar-refractivity contribution in [3.8, 4) is 5.75 Å². The molecule has 0 bridgehead atoms. The Labute approximate surface area is 235 Å². The van der Waals surface area contributed by atoms with Crippen molar-refractivity contribution >= 4 is 28.1 Å². The first-order chi connectivity index (χ1) is 19.5. The number of ether oxygens (including phenoxy) is 3. The number of likely N-dealkylation sites (tertiary alicyclic amines) is 1. The van der Waals surface area contributed by atoms with Gasteiger partial charge < -0.3 is 24.4 Å². The molecule has 3 aliphatic heterocycles. The SMILES string of the molecule is CC1OC(C2CCN(CCOc3ccc(NC(=O)c4cc(F)cc(N5CCCCC5)c4)c4ccccc34)CC2)O1. The third-order valence-electron chi connectivity index (χ3n) is 8.33. The lowest BCUT2D eigenvalue weighted by atomic mass is 9.95. The Morgan fingerprint density at radius 3 is 2.48 bits per heavy atom. The number of nitrogens with one attached hydrogen (secondary N) is 1. The number of benzene rings is 3. The van der Waals surface area contributed by atoms with Crippen molar-refractivity contribution in [3.05, 3.63) is 66.0 Å². The van der Waals surface area contributed by atoms with Crippen LogP contribution in [0.3, 0.4) is 0 Å². The molecule has 3 saturated heterocycles. The second-order valence-electron chi connectivity index (χ2n) is 11.1. The predicted octanol–water partition coefficient (Wildman–Crippen LogP) is 6.03. The van der Waals surface area contributed by atoms with E-state index in [1.165, 1.54) is 18.6 Å². The molecule has 8 heteroatoms. The van der Waals surface area contributed by atoms with Crippen molar-refractivity contribution in [1.82, 2.24) is 4.90 Å². The van der Waals surface area contributed by atoms with Gasteiger partial charge in [-0.05, 0) is 82.4 Å². The van der Waals surface area contributed by atoms with Gasteiger partial charge >= 0.3 is 0 Å². The number of amides is 1. The zero-order chi connectivity index (χ0) is 27.5. The summed E-state index contributed by atoms with van der Waals surface area (Å²) in [4.78, 5) is 17.8. The molecule has 0 spiro atoms. The van der Waals surface area contributed by atoms with Crippen LogP contribution in [0, 0.1) is 11.7 Å². The Bertz CT molecular complexity index is 1330. The second-order valence-corrected chi connectivity index (χ2v) is 11.1. The zero-order valence-electron chi connectivity index (χ0n) is 23.1. The highest BCUT2D eigenvalue weighted by molar-refractivity contribution is 6.10. The summed E-state index contributed by atoms with van der Waals surface area (Å²) in [5, 5.41) is 4.83. The van der Waals surface area contributed by atoms with Crippen LogP contribution in [0.5, 0.6) is 5.75 Å². The van der Waals surface area contributed by atoms with E-state index in [-0.39, 0.29) is 18.5 Å². The summed E-state index contributed by atoms with van der Waals surface area (Å²) in [5.74, 6) is 0.535. The van der Waals surface area contributed by atoms with E-state index in [0.29, 0.717) is 23.8 Å². The number of rotatable bonds is 8. The quantitative estimate of drug-likeness (QED) is 0.372. The molecule has 0 atom stereocenters. The van der Waals surface area contributed by atoms with Gasteiger partial charge in [0.05, 0.1) is 0 Å². The molecular formula is C32H38FN3O4. The van der Waals surface area contributed by atoms with E-state index in [4.69, 9.17) is 14.2 Å². The number of nitrogens with zero attached hydrogens (tertiary/aromatic N) is 2. The van der Waals surface area contributed by atoms with Crippen LogP contribution in [0.4, 0.5) is 15.8 Å². The van der Waals surface area contributed by atoms with E-state index in [2.05, 4.69) is 15.1 Å². The van der Waals surface area contributed by atoms with E-state index < -0.39 is 5.82 Å². The molecular weight excluding hydrogens is 509 g/mol. The minimum absolute atomic E-state index is 0.0311. The fourth-order valence-electron chi connectivity index (χ4n) is 6.08. The minimum atomic E-state index is -0.398. The highest BCUT2D eigenvalue weighted by Gasteiger charge is 2.36. The Hall–Kier alpha value is -3.20. The predicted molar refractivity (Wildman–Crippen MR) is 154 cm³/mol. The monoisotopic (exact) mass is 547 g/mol. The van der Waals surface area contributed by atoms with E-state index in [1.54, 1.807) is 6.07 Å². The minimum Gasteiger partial charge on any atom is -0.492 e. The normalized spacial score (nSPS) is 22.2. The Balaban J connectivity index is 1.08. The van der Waals surface area contributed by atoms with Gasteiger partial charge in [-0.2, -0.15) is 0 Å². The Morgan fingerprint density at radius 2 is 1.73 bits per heavy atom. The van der Waals surface area contributed by atoms with Gasteiger partial charge in [-0.25, -0.2) is 4.39 Å². The molecule has 3 aromatic rings. The van der Waals surface area contributed by atoms with Crippen LogP contribution < -0.4 is 15.0 Å². The lowest BCUT2D eigenvalue weighted by Crippen LogP contribution is -2.48. The first-order valence-electron chi connectivity index (χ1n) is 14.6. The van der Waals surface area contributed by atoms with E-state index in [9.17, 15) is 9.18 Å².